The van der Waals surface area contributed by atoms with Gasteiger partial charge in [-0.05, 0) is 63.3 Å². The minimum Gasteiger partial charge on any atom is -0.360 e. The van der Waals surface area contributed by atoms with E-state index in [4.69, 9.17) is 4.52 Å². The van der Waals surface area contributed by atoms with Gasteiger partial charge in [0.1, 0.15) is 5.76 Å². The molecule has 4 bridgehead atoms. The number of nitrogens with one attached hydrogen (secondary N) is 1. The van der Waals surface area contributed by atoms with E-state index in [0.29, 0.717) is 5.41 Å². The molecule has 0 aromatic carbocycles. The van der Waals surface area contributed by atoms with Crippen molar-refractivity contribution in [1.29, 1.82) is 0 Å². The fourth-order valence-corrected chi connectivity index (χ4v) is 5.40. The molecule has 0 amide bonds. The van der Waals surface area contributed by atoms with E-state index in [0.717, 1.165) is 24.3 Å². The SMILES string of the molecule is CNCc1cnoc1C12CC3CC(CC(C3)C1)C2. The van der Waals surface area contributed by atoms with Crippen LogP contribution in [0.2, 0.25) is 0 Å². The third kappa shape index (κ3) is 1.49. The molecule has 5 rings (SSSR count). The second kappa shape index (κ2) is 3.83. The number of nitrogens with zero attached hydrogens (tertiary/aromatic N) is 1. The second-order valence-electron chi connectivity index (χ2n) is 6.91. The fourth-order valence-electron chi connectivity index (χ4n) is 5.40. The van der Waals surface area contributed by atoms with Crippen molar-refractivity contribution < 1.29 is 4.52 Å². The van der Waals surface area contributed by atoms with Crippen LogP contribution in [0.3, 0.4) is 0 Å². The fraction of sp³-hybridized carbons (Fsp3) is 0.800. The first-order valence-electron chi connectivity index (χ1n) is 7.38. The summed E-state index contributed by atoms with van der Waals surface area (Å²) in [5.74, 6) is 4.10. The van der Waals surface area contributed by atoms with E-state index in [-0.39, 0.29) is 0 Å². The quantitative estimate of drug-likeness (QED) is 0.891. The predicted molar refractivity (Wildman–Crippen MR) is 69.1 cm³/mol. The average molecular weight is 246 g/mol. The van der Waals surface area contributed by atoms with E-state index < -0.39 is 0 Å². The Morgan fingerprint density at radius 3 is 2.39 bits per heavy atom. The minimum absolute atomic E-state index is 0.345. The Balaban J connectivity index is 1.72. The third-order valence-corrected chi connectivity index (χ3v) is 5.53. The molecule has 0 saturated heterocycles. The van der Waals surface area contributed by atoms with E-state index in [1.807, 2.05) is 13.2 Å². The summed E-state index contributed by atoms with van der Waals surface area (Å²) in [6.07, 6.45) is 10.4. The molecule has 98 valence electrons. The first-order chi connectivity index (χ1) is 8.79. The summed E-state index contributed by atoms with van der Waals surface area (Å²) in [6, 6.07) is 0. The minimum atomic E-state index is 0.345. The summed E-state index contributed by atoms with van der Waals surface area (Å²) in [5.41, 5.74) is 1.64. The monoisotopic (exact) mass is 246 g/mol. The van der Waals surface area contributed by atoms with Crippen LogP contribution in [0, 0.1) is 17.8 Å². The lowest BCUT2D eigenvalue weighted by Gasteiger charge is -2.55. The molecule has 4 saturated carbocycles. The normalized spacial score (nSPS) is 41.5. The van der Waals surface area contributed by atoms with Gasteiger partial charge in [-0.1, -0.05) is 5.16 Å². The van der Waals surface area contributed by atoms with Gasteiger partial charge in [0.05, 0.1) is 6.20 Å². The molecule has 0 spiro atoms. The molecular formula is C15H22N2O. The maximum atomic E-state index is 5.71. The molecule has 1 aromatic rings. The van der Waals surface area contributed by atoms with Gasteiger partial charge in [-0.2, -0.15) is 0 Å². The largest absolute Gasteiger partial charge is 0.360 e. The van der Waals surface area contributed by atoms with Gasteiger partial charge in [0.2, 0.25) is 0 Å². The lowest BCUT2D eigenvalue weighted by atomic mass is 9.49. The van der Waals surface area contributed by atoms with Crippen molar-refractivity contribution in [3.8, 4) is 0 Å². The van der Waals surface area contributed by atoms with Crippen molar-refractivity contribution >= 4 is 0 Å². The van der Waals surface area contributed by atoms with Crippen LogP contribution in [-0.2, 0) is 12.0 Å². The predicted octanol–water partition coefficient (Wildman–Crippen LogP) is 2.86. The van der Waals surface area contributed by atoms with Crippen molar-refractivity contribution in [2.45, 2.75) is 50.5 Å². The van der Waals surface area contributed by atoms with E-state index in [9.17, 15) is 0 Å². The third-order valence-electron chi connectivity index (χ3n) is 5.53. The number of hydrogen-bond donors (Lipinski definition) is 1. The van der Waals surface area contributed by atoms with Gasteiger partial charge in [-0.15, -0.1) is 0 Å². The summed E-state index contributed by atoms with van der Waals surface area (Å²) < 4.78 is 5.71. The van der Waals surface area contributed by atoms with Crippen molar-refractivity contribution in [2.24, 2.45) is 17.8 Å². The lowest BCUT2D eigenvalue weighted by Crippen LogP contribution is -2.48. The van der Waals surface area contributed by atoms with Crippen LogP contribution in [0.15, 0.2) is 10.7 Å². The molecule has 0 atom stereocenters. The standard InChI is InChI=1S/C15H22N2O/c1-16-8-13-9-17-18-14(13)15-5-10-2-11(6-15)4-12(3-10)7-15/h9-12,16H,2-8H2,1H3. The van der Waals surface area contributed by atoms with Gasteiger partial charge in [-0.3, -0.25) is 0 Å². The summed E-state index contributed by atoms with van der Waals surface area (Å²) in [5, 5.41) is 7.33. The topological polar surface area (TPSA) is 38.1 Å². The molecule has 4 aliphatic rings. The van der Waals surface area contributed by atoms with Crippen LogP contribution in [0.1, 0.15) is 49.8 Å². The Hall–Kier alpha value is -0.830. The van der Waals surface area contributed by atoms with Crippen molar-refractivity contribution in [2.75, 3.05) is 7.05 Å². The Bertz CT molecular complexity index is 416. The zero-order valence-corrected chi connectivity index (χ0v) is 11.1. The number of aromatic nitrogens is 1. The van der Waals surface area contributed by atoms with Crippen LogP contribution in [0.25, 0.3) is 0 Å². The zero-order valence-electron chi connectivity index (χ0n) is 11.1. The first kappa shape index (κ1) is 11.0. The molecule has 0 radical (unpaired) electrons. The van der Waals surface area contributed by atoms with Gasteiger partial charge in [0.25, 0.3) is 0 Å². The van der Waals surface area contributed by atoms with Crippen molar-refractivity contribution in [3.05, 3.63) is 17.5 Å². The summed E-state index contributed by atoms with van der Waals surface area (Å²) in [4.78, 5) is 0. The highest BCUT2D eigenvalue weighted by atomic mass is 16.5. The van der Waals surface area contributed by atoms with Crippen LogP contribution in [-0.4, -0.2) is 12.2 Å². The van der Waals surface area contributed by atoms with Gasteiger partial charge in [-0.25, -0.2) is 0 Å². The Kier molecular flexibility index (Phi) is 2.35. The van der Waals surface area contributed by atoms with Crippen LogP contribution < -0.4 is 5.32 Å². The molecule has 0 unspecified atom stereocenters. The maximum absolute atomic E-state index is 5.71. The van der Waals surface area contributed by atoms with Crippen LogP contribution >= 0.6 is 0 Å². The molecule has 3 heteroatoms. The highest BCUT2D eigenvalue weighted by molar-refractivity contribution is 5.27. The lowest BCUT2D eigenvalue weighted by molar-refractivity contribution is -0.0180. The Morgan fingerprint density at radius 1 is 1.22 bits per heavy atom. The molecule has 1 aromatic heterocycles. The molecular weight excluding hydrogens is 224 g/mol. The first-order valence-corrected chi connectivity index (χ1v) is 7.38. The van der Waals surface area contributed by atoms with Gasteiger partial charge in [0.15, 0.2) is 0 Å². The second-order valence-corrected chi connectivity index (χ2v) is 6.91. The number of rotatable bonds is 3. The Morgan fingerprint density at radius 2 is 1.83 bits per heavy atom. The smallest absolute Gasteiger partial charge is 0.147 e. The molecule has 1 N–H and O–H groups in total. The molecule has 4 aliphatic carbocycles. The van der Waals surface area contributed by atoms with E-state index in [1.54, 1.807) is 0 Å². The van der Waals surface area contributed by atoms with Crippen molar-refractivity contribution in [1.82, 2.24) is 10.5 Å². The summed E-state index contributed by atoms with van der Waals surface area (Å²) in [7, 11) is 2.00. The van der Waals surface area contributed by atoms with Gasteiger partial charge in [0, 0.05) is 17.5 Å². The average Bonchev–Trinajstić information content (AvgIpc) is 2.76. The van der Waals surface area contributed by atoms with Gasteiger partial charge >= 0.3 is 0 Å². The molecule has 0 aliphatic heterocycles. The van der Waals surface area contributed by atoms with E-state index in [2.05, 4.69) is 10.5 Å². The molecule has 18 heavy (non-hydrogen) atoms. The zero-order chi connectivity index (χ0) is 12.2. The molecule has 1 heterocycles. The molecule has 3 nitrogen and oxygen atoms in total. The Labute approximate surface area is 108 Å². The van der Waals surface area contributed by atoms with Crippen LogP contribution in [0.4, 0.5) is 0 Å². The van der Waals surface area contributed by atoms with E-state index in [1.165, 1.54) is 49.8 Å². The summed E-state index contributed by atoms with van der Waals surface area (Å²) in [6.45, 7) is 0.889. The van der Waals surface area contributed by atoms with Crippen molar-refractivity contribution in [3.63, 3.8) is 0 Å². The maximum Gasteiger partial charge on any atom is 0.147 e. The highest BCUT2D eigenvalue weighted by Crippen LogP contribution is 2.61. The number of hydrogen-bond acceptors (Lipinski definition) is 3. The molecule has 4 fully saturated rings. The summed E-state index contributed by atoms with van der Waals surface area (Å²) >= 11 is 0. The van der Waals surface area contributed by atoms with Crippen LogP contribution in [0.5, 0.6) is 0 Å². The van der Waals surface area contributed by atoms with E-state index >= 15 is 0 Å². The van der Waals surface area contributed by atoms with Gasteiger partial charge < -0.3 is 9.84 Å². The highest BCUT2D eigenvalue weighted by Gasteiger charge is 2.54.